The van der Waals surface area contributed by atoms with Gasteiger partial charge in [0.25, 0.3) is 0 Å². The molecule has 0 saturated heterocycles. The number of hydrogen-bond donors (Lipinski definition) is 1. The Labute approximate surface area is 136 Å². The number of benzene rings is 1. The van der Waals surface area contributed by atoms with Gasteiger partial charge in [-0.05, 0) is 50.2 Å². The monoisotopic (exact) mass is 326 g/mol. The molecule has 3 unspecified atom stereocenters. The van der Waals surface area contributed by atoms with E-state index in [-0.39, 0.29) is 17.8 Å². The van der Waals surface area contributed by atoms with Crippen molar-refractivity contribution in [2.24, 2.45) is 17.8 Å². The number of carboxylic acid groups (broad SMARTS) is 1. The average Bonchev–Trinajstić information content (AvgIpc) is 3.24. The molecule has 3 atom stereocenters. The van der Waals surface area contributed by atoms with E-state index in [9.17, 15) is 4.79 Å². The standard InChI is InChI=1S/C17H23ClO4/c1-4-21-15-9-16(22-5-2)14(18)7-11(15)6-10(3)12-8-13(12)17(19)20/h7,9-10,12-13H,4-6,8H2,1-3H3,(H,19,20). The fourth-order valence-corrected chi connectivity index (χ4v) is 3.16. The molecule has 2 rings (SSSR count). The van der Waals surface area contributed by atoms with Crippen molar-refractivity contribution in [3.8, 4) is 11.5 Å². The Morgan fingerprint density at radius 3 is 2.50 bits per heavy atom. The number of ether oxygens (including phenoxy) is 2. The van der Waals surface area contributed by atoms with Gasteiger partial charge >= 0.3 is 5.97 Å². The molecule has 1 saturated carbocycles. The second kappa shape index (κ2) is 7.23. The Kier molecular flexibility index (Phi) is 5.57. The van der Waals surface area contributed by atoms with Gasteiger partial charge < -0.3 is 14.6 Å². The minimum absolute atomic E-state index is 0.191. The minimum atomic E-state index is -0.688. The molecule has 5 heteroatoms. The van der Waals surface area contributed by atoms with Crippen molar-refractivity contribution in [3.63, 3.8) is 0 Å². The van der Waals surface area contributed by atoms with Gasteiger partial charge in [-0.25, -0.2) is 0 Å². The van der Waals surface area contributed by atoms with Gasteiger partial charge in [-0.2, -0.15) is 0 Å². The summed E-state index contributed by atoms with van der Waals surface area (Å²) in [6.07, 6.45) is 1.53. The van der Waals surface area contributed by atoms with Crippen LogP contribution in [-0.2, 0) is 11.2 Å². The molecule has 0 radical (unpaired) electrons. The highest BCUT2D eigenvalue weighted by molar-refractivity contribution is 6.32. The van der Waals surface area contributed by atoms with Crippen LogP contribution in [-0.4, -0.2) is 24.3 Å². The smallest absolute Gasteiger partial charge is 0.306 e. The molecule has 4 nitrogen and oxygen atoms in total. The Bertz CT molecular complexity index is 544. The van der Waals surface area contributed by atoms with Gasteiger partial charge in [0, 0.05) is 6.07 Å². The third-order valence-electron chi connectivity index (χ3n) is 4.14. The summed E-state index contributed by atoms with van der Waals surface area (Å²) in [5, 5.41) is 9.62. The summed E-state index contributed by atoms with van der Waals surface area (Å²) in [5.74, 6) is 1.05. The third kappa shape index (κ3) is 3.86. The van der Waals surface area contributed by atoms with Crippen molar-refractivity contribution < 1.29 is 19.4 Å². The Balaban J connectivity index is 2.15. The van der Waals surface area contributed by atoms with Crippen LogP contribution in [0.3, 0.4) is 0 Å². The van der Waals surface area contributed by atoms with Crippen molar-refractivity contribution >= 4 is 17.6 Å². The third-order valence-corrected chi connectivity index (χ3v) is 4.44. The number of hydrogen-bond acceptors (Lipinski definition) is 3. The maximum atomic E-state index is 11.0. The molecule has 0 spiro atoms. The molecule has 1 aliphatic rings. The molecule has 0 aromatic heterocycles. The van der Waals surface area contributed by atoms with E-state index in [2.05, 4.69) is 6.92 Å². The molecule has 0 amide bonds. The van der Waals surface area contributed by atoms with E-state index in [1.54, 1.807) is 0 Å². The first-order valence-electron chi connectivity index (χ1n) is 7.78. The highest BCUT2D eigenvalue weighted by atomic mass is 35.5. The Morgan fingerprint density at radius 2 is 1.95 bits per heavy atom. The summed E-state index contributed by atoms with van der Waals surface area (Å²) in [6.45, 7) is 7.04. The first-order valence-corrected chi connectivity index (χ1v) is 8.16. The lowest BCUT2D eigenvalue weighted by molar-refractivity contribution is -0.139. The van der Waals surface area contributed by atoms with E-state index in [0.29, 0.717) is 24.0 Å². The van der Waals surface area contributed by atoms with Gasteiger partial charge in [0.15, 0.2) is 0 Å². The SMILES string of the molecule is CCOc1cc(OCC)c(CC(C)C2CC2C(=O)O)cc1Cl. The van der Waals surface area contributed by atoms with Crippen LogP contribution in [0.5, 0.6) is 11.5 Å². The summed E-state index contributed by atoms with van der Waals surface area (Å²) >= 11 is 6.26. The zero-order valence-corrected chi connectivity index (χ0v) is 14.0. The van der Waals surface area contributed by atoms with Gasteiger partial charge in [-0.15, -0.1) is 0 Å². The molecule has 1 N–H and O–H groups in total. The van der Waals surface area contributed by atoms with Crippen LogP contribution in [0.2, 0.25) is 5.02 Å². The lowest BCUT2D eigenvalue weighted by atomic mass is 9.95. The van der Waals surface area contributed by atoms with Gasteiger partial charge in [0.05, 0.1) is 24.2 Å². The van der Waals surface area contributed by atoms with Crippen LogP contribution in [0.25, 0.3) is 0 Å². The summed E-state index contributed by atoms with van der Waals surface area (Å²) in [5.41, 5.74) is 1.01. The lowest BCUT2D eigenvalue weighted by Crippen LogP contribution is -2.09. The summed E-state index contributed by atoms with van der Waals surface area (Å²) in [6, 6.07) is 3.71. The quantitative estimate of drug-likeness (QED) is 0.783. The topological polar surface area (TPSA) is 55.8 Å². The van der Waals surface area contributed by atoms with E-state index < -0.39 is 5.97 Å². The fourth-order valence-electron chi connectivity index (χ4n) is 2.92. The number of rotatable bonds is 8. The predicted octanol–water partition coefficient (Wildman–Crippen LogP) is 4.04. The summed E-state index contributed by atoms with van der Waals surface area (Å²) < 4.78 is 11.2. The van der Waals surface area contributed by atoms with Crippen molar-refractivity contribution in [1.82, 2.24) is 0 Å². The van der Waals surface area contributed by atoms with Crippen molar-refractivity contribution in [3.05, 3.63) is 22.7 Å². The van der Waals surface area contributed by atoms with Gasteiger partial charge in [0.1, 0.15) is 11.5 Å². The maximum absolute atomic E-state index is 11.0. The number of carbonyl (C=O) groups is 1. The molecule has 122 valence electrons. The normalized spacial score (nSPS) is 21.3. The number of aliphatic carboxylic acids is 1. The molecular weight excluding hydrogens is 304 g/mol. The lowest BCUT2D eigenvalue weighted by Gasteiger charge is -2.17. The van der Waals surface area contributed by atoms with Crippen molar-refractivity contribution in [2.45, 2.75) is 33.6 Å². The van der Waals surface area contributed by atoms with Gasteiger partial charge in [-0.3, -0.25) is 4.79 Å². The molecule has 0 aliphatic heterocycles. The zero-order chi connectivity index (χ0) is 16.3. The molecule has 1 aromatic rings. The van der Waals surface area contributed by atoms with Crippen LogP contribution < -0.4 is 9.47 Å². The van der Waals surface area contributed by atoms with Crippen molar-refractivity contribution in [1.29, 1.82) is 0 Å². The van der Waals surface area contributed by atoms with Crippen LogP contribution in [0.4, 0.5) is 0 Å². The summed E-state index contributed by atoms with van der Waals surface area (Å²) in [7, 11) is 0. The van der Waals surface area contributed by atoms with E-state index in [4.69, 9.17) is 26.2 Å². The predicted molar refractivity (Wildman–Crippen MR) is 85.9 cm³/mol. The van der Waals surface area contributed by atoms with Crippen LogP contribution in [0, 0.1) is 17.8 Å². The largest absolute Gasteiger partial charge is 0.493 e. The first kappa shape index (κ1) is 16.9. The molecule has 1 aliphatic carbocycles. The van der Waals surface area contributed by atoms with Crippen LogP contribution >= 0.6 is 11.6 Å². The average molecular weight is 327 g/mol. The first-order chi connectivity index (χ1) is 10.5. The van der Waals surface area contributed by atoms with Gasteiger partial charge in [0.2, 0.25) is 0 Å². The molecule has 0 heterocycles. The number of carboxylic acids is 1. The maximum Gasteiger partial charge on any atom is 0.306 e. The molecule has 22 heavy (non-hydrogen) atoms. The van der Waals surface area contributed by atoms with Gasteiger partial charge in [-0.1, -0.05) is 18.5 Å². The molecular formula is C17H23ClO4. The van der Waals surface area contributed by atoms with E-state index in [0.717, 1.165) is 24.2 Å². The van der Waals surface area contributed by atoms with Crippen LogP contribution in [0.1, 0.15) is 32.8 Å². The highest BCUT2D eigenvalue weighted by Crippen LogP contribution is 2.46. The van der Waals surface area contributed by atoms with E-state index in [1.807, 2.05) is 26.0 Å². The van der Waals surface area contributed by atoms with E-state index in [1.165, 1.54) is 0 Å². The number of halogens is 1. The second-order valence-corrected chi connectivity index (χ2v) is 6.19. The highest BCUT2D eigenvalue weighted by Gasteiger charge is 2.46. The molecule has 1 aromatic carbocycles. The Hall–Kier alpha value is -1.42. The van der Waals surface area contributed by atoms with Crippen LogP contribution in [0.15, 0.2) is 12.1 Å². The molecule has 0 bridgehead atoms. The summed E-state index contributed by atoms with van der Waals surface area (Å²) in [4.78, 5) is 11.0. The fraction of sp³-hybridized carbons (Fsp3) is 0.588. The molecule has 1 fully saturated rings. The van der Waals surface area contributed by atoms with E-state index >= 15 is 0 Å². The Morgan fingerprint density at radius 1 is 1.32 bits per heavy atom. The van der Waals surface area contributed by atoms with Crippen molar-refractivity contribution in [2.75, 3.05) is 13.2 Å². The minimum Gasteiger partial charge on any atom is -0.493 e. The second-order valence-electron chi connectivity index (χ2n) is 5.78. The zero-order valence-electron chi connectivity index (χ0n) is 13.3.